The Kier molecular flexibility index (Phi) is 5.99. The molecule has 0 radical (unpaired) electrons. The quantitative estimate of drug-likeness (QED) is 0.575. The molecule has 0 amide bonds. The molecule has 1 aromatic carbocycles. The summed E-state index contributed by atoms with van der Waals surface area (Å²) in [6, 6.07) is 3.95. The minimum absolute atomic E-state index is 0.0607. The number of aromatic nitrogens is 1. The summed E-state index contributed by atoms with van der Waals surface area (Å²) in [6.07, 6.45) is 3.59. The van der Waals surface area contributed by atoms with Crippen LogP contribution >= 0.6 is 0 Å². The number of nitro groups is 1. The number of sulfonamides is 1. The van der Waals surface area contributed by atoms with E-state index in [1.807, 2.05) is 6.92 Å². The van der Waals surface area contributed by atoms with Gasteiger partial charge < -0.3 is 9.73 Å². The average molecular weight is 408 g/mol. The number of oxazole rings is 1. The summed E-state index contributed by atoms with van der Waals surface area (Å²) in [4.78, 5) is 15.1. The summed E-state index contributed by atoms with van der Waals surface area (Å²) in [7, 11) is -3.76. The molecule has 1 N–H and O–H groups in total. The zero-order valence-corrected chi connectivity index (χ0v) is 16.8. The Morgan fingerprint density at radius 3 is 2.46 bits per heavy atom. The Morgan fingerprint density at radius 2 is 1.89 bits per heavy atom. The largest absolute Gasteiger partial charge is 0.444 e. The first-order valence-electron chi connectivity index (χ1n) is 9.24. The second-order valence-corrected chi connectivity index (χ2v) is 8.80. The molecule has 152 valence electrons. The van der Waals surface area contributed by atoms with Gasteiger partial charge in [0.25, 0.3) is 5.69 Å². The van der Waals surface area contributed by atoms with Crippen molar-refractivity contribution < 1.29 is 17.8 Å². The van der Waals surface area contributed by atoms with Crippen LogP contribution in [0.25, 0.3) is 0 Å². The number of rotatable bonds is 6. The van der Waals surface area contributed by atoms with Gasteiger partial charge in [0.1, 0.15) is 11.4 Å². The van der Waals surface area contributed by atoms with Gasteiger partial charge in [0, 0.05) is 19.2 Å². The topological polar surface area (TPSA) is 119 Å². The second-order valence-electron chi connectivity index (χ2n) is 6.86. The van der Waals surface area contributed by atoms with Crippen LogP contribution in [0.3, 0.4) is 0 Å². The first kappa shape index (κ1) is 20.3. The van der Waals surface area contributed by atoms with Crippen LogP contribution in [0.15, 0.2) is 27.5 Å². The minimum Gasteiger partial charge on any atom is -0.444 e. The molecular formula is C18H24N4O5S. The Balaban J connectivity index is 1.84. The molecule has 0 bridgehead atoms. The molecule has 9 nitrogen and oxygen atoms in total. The number of nitro benzene ring substituents is 1. The molecular weight excluding hydrogens is 384 g/mol. The van der Waals surface area contributed by atoms with Gasteiger partial charge in [-0.15, -0.1) is 0 Å². The van der Waals surface area contributed by atoms with E-state index in [4.69, 9.17) is 4.42 Å². The van der Waals surface area contributed by atoms with Crippen LogP contribution < -0.4 is 5.32 Å². The lowest BCUT2D eigenvalue weighted by atomic mass is 10.2. The van der Waals surface area contributed by atoms with E-state index in [2.05, 4.69) is 10.3 Å². The fraction of sp³-hybridized carbons (Fsp3) is 0.500. The molecule has 1 fully saturated rings. The Bertz CT molecular complexity index is 943. The van der Waals surface area contributed by atoms with Crippen molar-refractivity contribution in [1.29, 1.82) is 0 Å². The molecule has 2 aromatic rings. The molecule has 28 heavy (non-hydrogen) atoms. The zero-order valence-electron chi connectivity index (χ0n) is 16.0. The number of hydrogen-bond donors (Lipinski definition) is 1. The number of hydrogen-bond acceptors (Lipinski definition) is 7. The lowest BCUT2D eigenvalue weighted by molar-refractivity contribution is -0.384. The summed E-state index contributed by atoms with van der Waals surface area (Å²) >= 11 is 0. The van der Waals surface area contributed by atoms with Gasteiger partial charge in [-0.1, -0.05) is 12.8 Å². The van der Waals surface area contributed by atoms with E-state index in [0.29, 0.717) is 24.7 Å². The van der Waals surface area contributed by atoms with E-state index in [1.54, 1.807) is 6.92 Å². The molecule has 0 atom stereocenters. The number of aryl methyl sites for hydroxylation is 2. The Morgan fingerprint density at radius 1 is 1.21 bits per heavy atom. The van der Waals surface area contributed by atoms with E-state index in [-0.39, 0.29) is 22.8 Å². The predicted molar refractivity (Wildman–Crippen MR) is 104 cm³/mol. The molecule has 1 aliphatic rings. The van der Waals surface area contributed by atoms with E-state index in [1.165, 1.54) is 16.4 Å². The smallest absolute Gasteiger partial charge is 0.293 e. The highest BCUT2D eigenvalue weighted by Gasteiger charge is 2.28. The van der Waals surface area contributed by atoms with E-state index >= 15 is 0 Å². The molecule has 1 aromatic heterocycles. The highest BCUT2D eigenvalue weighted by Crippen LogP contribution is 2.30. The number of nitrogens with one attached hydrogen (secondary N) is 1. The second kappa shape index (κ2) is 8.27. The SMILES string of the molecule is Cc1nc(CNc2ccc(S(=O)(=O)N3CCCCCC3)cc2[N+](=O)[O-])oc1C. The van der Waals surface area contributed by atoms with Crippen molar-refractivity contribution in [3.63, 3.8) is 0 Å². The Hall–Kier alpha value is -2.46. The first-order valence-corrected chi connectivity index (χ1v) is 10.7. The van der Waals surface area contributed by atoms with Crippen molar-refractivity contribution in [3.8, 4) is 0 Å². The highest BCUT2D eigenvalue weighted by atomic mass is 32.2. The number of anilines is 1. The maximum absolute atomic E-state index is 12.9. The molecule has 1 saturated heterocycles. The lowest BCUT2D eigenvalue weighted by Gasteiger charge is -2.20. The highest BCUT2D eigenvalue weighted by molar-refractivity contribution is 7.89. The van der Waals surface area contributed by atoms with Gasteiger partial charge in [0.15, 0.2) is 0 Å². The Labute approximate surface area is 164 Å². The van der Waals surface area contributed by atoms with Gasteiger partial charge in [-0.2, -0.15) is 4.31 Å². The van der Waals surface area contributed by atoms with Crippen LogP contribution in [0.5, 0.6) is 0 Å². The molecule has 10 heteroatoms. The maximum atomic E-state index is 12.9. The van der Waals surface area contributed by atoms with Crippen molar-refractivity contribution >= 4 is 21.4 Å². The normalized spacial score (nSPS) is 15.9. The van der Waals surface area contributed by atoms with Crippen molar-refractivity contribution in [2.75, 3.05) is 18.4 Å². The maximum Gasteiger partial charge on any atom is 0.293 e. The van der Waals surface area contributed by atoms with Gasteiger partial charge >= 0.3 is 0 Å². The van der Waals surface area contributed by atoms with E-state index in [9.17, 15) is 18.5 Å². The van der Waals surface area contributed by atoms with Crippen molar-refractivity contribution in [3.05, 3.63) is 45.7 Å². The molecule has 0 spiro atoms. The van der Waals surface area contributed by atoms with Crippen molar-refractivity contribution in [1.82, 2.24) is 9.29 Å². The van der Waals surface area contributed by atoms with Gasteiger partial charge in [-0.25, -0.2) is 13.4 Å². The zero-order chi connectivity index (χ0) is 20.3. The summed E-state index contributed by atoms with van der Waals surface area (Å²) in [5.41, 5.74) is 0.675. The standard InChI is InChI=1S/C18H24N4O5S/c1-13-14(2)27-18(20-13)12-19-16-8-7-15(11-17(16)22(23)24)28(25,26)21-9-5-3-4-6-10-21/h7-8,11,19H,3-6,9-10,12H2,1-2H3. The van der Waals surface area contributed by atoms with E-state index < -0.39 is 14.9 Å². The van der Waals surface area contributed by atoms with Gasteiger partial charge in [-0.3, -0.25) is 10.1 Å². The third-order valence-corrected chi connectivity index (χ3v) is 6.77. The van der Waals surface area contributed by atoms with Gasteiger partial charge in [-0.05, 0) is 38.8 Å². The molecule has 0 aliphatic carbocycles. The predicted octanol–water partition coefficient (Wildman–Crippen LogP) is 3.38. The van der Waals surface area contributed by atoms with Crippen LogP contribution in [-0.2, 0) is 16.6 Å². The third-order valence-electron chi connectivity index (χ3n) is 4.87. The average Bonchev–Trinajstić information content (AvgIpc) is 2.86. The number of benzene rings is 1. The van der Waals surface area contributed by atoms with Crippen LogP contribution in [0.1, 0.15) is 43.0 Å². The summed E-state index contributed by atoms with van der Waals surface area (Å²) < 4.78 is 32.7. The minimum atomic E-state index is -3.76. The van der Waals surface area contributed by atoms with Crippen molar-refractivity contribution in [2.24, 2.45) is 0 Å². The monoisotopic (exact) mass is 408 g/mol. The summed E-state index contributed by atoms with van der Waals surface area (Å²) in [6.45, 7) is 4.65. The fourth-order valence-corrected chi connectivity index (χ4v) is 4.73. The van der Waals surface area contributed by atoms with Crippen LogP contribution in [0, 0.1) is 24.0 Å². The van der Waals surface area contributed by atoms with Crippen LogP contribution in [0.2, 0.25) is 0 Å². The lowest BCUT2D eigenvalue weighted by Crippen LogP contribution is -2.32. The third kappa shape index (κ3) is 4.33. The van der Waals surface area contributed by atoms with Gasteiger partial charge in [0.2, 0.25) is 15.9 Å². The van der Waals surface area contributed by atoms with E-state index in [0.717, 1.165) is 37.4 Å². The molecule has 0 saturated carbocycles. The molecule has 0 unspecified atom stereocenters. The van der Waals surface area contributed by atoms with Gasteiger partial charge in [0.05, 0.1) is 22.1 Å². The molecule has 2 heterocycles. The molecule has 1 aliphatic heterocycles. The fourth-order valence-electron chi connectivity index (χ4n) is 3.19. The van der Waals surface area contributed by atoms with Crippen LogP contribution in [-0.4, -0.2) is 35.7 Å². The summed E-state index contributed by atoms with van der Waals surface area (Å²) in [5, 5.41) is 14.4. The van der Waals surface area contributed by atoms with Crippen LogP contribution in [0.4, 0.5) is 11.4 Å². The first-order chi connectivity index (χ1) is 13.3. The molecule has 3 rings (SSSR count). The summed E-state index contributed by atoms with van der Waals surface area (Å²) in [5.74, 6) is 1.09. The number of nitrogens with zero attached hydrogens (tertiary/aromatic N) is 3. The van der Waals surface area contributed by atoms with Crippen molar-refractivity contribution in [2.45, 2.75) is 51.0 Å².